The highest BCUT2D eigenvalue weighted by Gasteiger charge is 2.25. The van der Waals surface area contributed by atoms with Crippen LogP contribution in [0.3, 0.4) is 0 Å². The van der Waals surface area contributed by atoms with Crippen molar-refractivity contribution >= 4 is 28.9 Å². The Morgan fingerprint density at radius 2 is 2.12 bits per heavy atom. The van der Waals surface area contributed by atoms with E-state index in [0.717, 1.165) is 29.3 Å². The van der Waals surface area contributed by atoms with Crippen LogP contribution in [0.4, 0.5) is 11.4 Å². The zero-order valence-corrected chi connectivity index (χ0v) is 13.2. The van der Waals surface area contributed by atoms with E-state index in [4.69, 9.17) is 11.6 Å². The minimum Gasteiger partial charge on any atom is -0.324 e. The molecule has 0 atom stereocenters. The Kier molecular flexibility index (Phi) is 4.30. The summed E-state index contributed by atoms with van der Waals surface area (Å²) in [5.41, 5.74) is 0.337. The van der Waals surface area contributed by atoms with E-state index >= 15 is 0 Å². The first kappa shape index (κ1) is 16.1. The van der Waals surface area contributed by atoms with E-state index < -0.39 is 10.8 Å². The molecule has 1 saturated carbocycles. The molecule has 124 valence electrons. The summed E-state index contributed by atoms with van der Waals surface area (Å²) in [6, 6.07) is 7.01. The van der Waals surface area contributed by atoms with Gasteiger partial charge in [0.1, 0.15) is 11.6 Å². The molecule has 0 saturated heterocycles. The third kappa shape index (κ3) is 3.60. The molecular formula is C15H13ClN4O4. The second kappa shape index (κ2) is 6.40. The molecule has 1 aliphatic rings. The summed E-state index contributed by atoms with van der Waals surface area (Å²) in [6.07, 6.45) is 2.07. The lowest BCUT2D eigenvalue weighted by atomic mass is 10.2. The highest BCUT2D eigenvalue weighted by molar-refractivity contribution is 6.32. The number of halogens is 1. The monoisotopic (exact) mass is 348 g/mol. The predicted octanol–water partition coefficient (Wildman–Crippen LogP) is 2.32. The van der Waals surface area contributed by atoms with Gasteiger partial charge in [-0.3, -0.25) is 19.7 Å². The summed E-state index contributed by atoms with van der Waals surface area (Å²) >= 11 is 5.72. The topological polar surface area (TPSA) is 107 Å². The Morgan fingerprint density at radius 1 is 1.38 bits per heavy atom. The lowest BCUT2D eigenvalue weighted by Gasteiger charge is -2.08. The van der Waals surface area contributed by atoms with Crippen molar-refractivity contribution in [1.29, 1.82) is 0 Å². The summed E-state index contributed by atoms with van der Waals surface area (Å²) < 4.78 is 1.09. The van der Waals surface area contributed by atoms with E-state index in [9.17, 15) is 19.7 Å². The maximum atomic E-state index is 12.1. The van der Waals surface area contributed by atoms with Gasteiger partial charge >= 0.3 is 0 Å². The van der Waals surface area contributed by atoms with Crippen LogP contribution in [0.25, 0.3) is 0 Å². The summed E-state index contributed by atoms with van der Waals surface area (Å²) in [7, 11) is 0. The Bertz CT molecular complexity index is 876. The van der Waals surface area contributed by atoms with Gasteiger partial charge in [-0.15, -0.1) is 0 Å². The van der Waals surface area contributed by atoms with E-state index in [2.05, 4.69) is 10.4 Å². The lowest BCUT2D eigenvalue weighted by Crippen LogP contribution is -2.29. The average Bonchev–Trinajstić information content (AvgIpc) is 3.36. The zero-order valence-electron chi connectivity index (χ0n) is 12.4. The van der Waals surface area contributed by atoms with Crippen LogP contribution in [0, 0.1) is 10.1 Å². The SMILES string of the molecule is O=C(Cn1nc(C2CC2)ccc1=O)Nc1ccc(Cl)c([N+](=O)[O-])c1. The molecule has 1 aromatic heterocycles. The molecule has 0 spiro atoms. The molecule has 8 nitrogen and oxygen atoms in total. The van der Waals surface area contributed by atoms with Gasteiger partial charge in [0.2, 0.25) is 5.91 Å². The number of hydrogen-bond donors (Lipinski definition) is 1. The molecule has 9 heteroatoms. The number of anilines is 1. The van der Waals surface area contributed by atoms with E-state index in [1.165, 1.54) is 18.2 Å². The van der Waals surface area contributed by atoms with Crippen molar-refractivity contribution in [2.45, 2.75) is 25.3 Å². The molecule has 1 fully saturated rings. The summed E-state index contributed by atoms with van der Waals surface area (Å²) in [4.78, 5) is 34.1. The number of nitro benzene ring substituents is 1. The van der Waals surface area contributed by atoms with Gasteiger partial charge in [0.25, 0.3) is 11.2 Å². The molecule has 3 rings (SSSR count). The molecule has 1 aromatic carbocycles. The Morgan fingerprint density at radius 3 is 2.79 bits per heavy atom. The summed E-state index contributed by atoms with van der Waals surface area (Å²) in [5.74, 6) is -0.145. The molecule has 2 aromatic rings. The van der Waals surface area contributed by atoms with E-state index in [1.54, 1.807) is 6.07 Å². The van der Waals surface area contributed by atoms with Gasteiger partial charge in [-0.05, 0) is 31.0 Å². The van der Waals surface area contributed by atoms with Gasteiger partial charge in [0.15, 0.2) is 0 Å². The van der Waals surface area contributed by atoms with E-state index in [-0.39, 0.29) is 28.5 Å². The number of nitrogens with zero attached hydrogens (tertiary/aromatic N) is 3. The van der Waals surface area contributed by atoms with Crippen LogP contribution in [0.5, 0.6) is 0 Å². The molecule has 1 aliphatic carbocycles. The number of amides is 1. The number of benzene rings is 1. The number of aromatic nitrogens is 2. The van der Waals surface area contributed by atoms with Crippen molar-refractivity contribution < 1.29 is 9.72 Å². The summed E-state index contributed by atoms with van der Waals surface area (Å²) in [6.45, 7) is -0.268. The van der Waals surface area contributed by atoms with Crippen LogP contribution in [0.15, 0.2) is 35.1 Å². The molecule has 0 unspecified atom stereocenters. The van der Waals surface area contributed by atoms with Crippen LogP contribution < -0.4 is 10.9 Å². The second-order valence-corrected chi connectivity index (χ2v) is 5.91. The fraction of sp³-hybridized carbons (Fsp3) is 0.267. The Hall–Kier alpha value is -2.74. The van der Waals surface area contributed by atoms with Crippen LogP contribution in [-0.4, -0.2) is 20.6 Å². The quantitative estimate of drug-likeness (QED) is 0.659. The molecule has 0 radical (unpaired) electrons. The molecule has 1 N–H and O–H groups in total. The average molecular weight is 349 g/mol. The standard InChI is InChI=1S/C15H13ClN4O4/c16-11-4-3-10(7-13(11)20(23)24)17-14(21)8-19-15(22)6-5-12(18-19)9-1-2-9/h3-7,9H,1-2,8H2,(H,17,21). The van der Waals surface area contributed by atoms with E-state index in [0.29, 0.717) is 5.92 Å². The van der Waals surface area contributed by atoms with Crippen LogP contribution in [0.2, 0.25) is 5.02 Å². The molecule has 1 heterocycles. The van der Waals surface area contributed by atoms with Crippen LogP contribution in [0.1, 0.15) is 24.5 Å². The van der Waals surface area contributed by atoms with Crippen molar-refractivity contribution in [3.05, 3.63) is 61.5 Å². The molecule has 0 aliphatic heterocycles. The van der Waals surface area contributed by atoms with Gasteiger partial charge in [0.05, 0.1) is 10.6 Å². The number of nitro groups is 1. The van der Waals surface area contributed by atoms with Gasteiger partial charge < -0.3 is 5.32 Å². The Labute approximate surface area is 141 Å². The second-order valence-electron chi connectivity index (χ2n) is 5.50. The predicted molar refractivity (Wildman–Crippen MR) is 87.2 cm³/mol. The maximum absolute atomic E-state index is 12.1. The van der Waals surface area contributed by atoms with Crippen molar-refractivity contribution in [3.63, 3.8) is 0 Å². The smallest absolute Gasteiger partial charge is 0.289 e. The van der Waals surface area contributed by atoms with Crippen molar-refractivity contribution in [3.8, 4) is 0 Å². The Balaban J connectivity index is 1.74. The normalized spacial score (nSPS) is 13.5. The fourth-order valence-corrected chi connectivity index (χ4v) is 2.43. The van der Waals surface area contributed by atoms with Crippen LogP contribution in [-0.2, 0) is 11.3 Å². The van der Waals surface area contributed by atoms with Gasteiger partial charge in [-0.25, -0.2) is 4.68 Å². The summed E-state index contributed by atoms with van der Waals surface area (Å²) in [5, 5.41) is 17.5. The first-order valence-electron chi connectivity index (χ1n) is 7.26. The van der Waals surface area contributed by atoms with Gasteiger partial charge in [-0.2, -0.15) is 5.10 Å². The number of rotatable bonds is 5. The van der Waals surface area contributed by atoms with Gasteiger partial charge in [0, 0.05) is 23.7 Å². The molecule has 1 amide bonds. The highest BCUT2D eigenvalue weighted by Crippen LogP contribution is 2.38. The minimum absolute atomic E-state index is 0.0204. The third-order valence-electron chi connectivity index (χ3n) is 3.60. The number of hydrogen-bond acceptors (Lipinski definition) is 5. The lowest BCUT2D eigenvalue weighted by molar-refractivity contribution is -0.384. The van der Waals surface area contributed by atoms with E-state index in [1.807, 2.05) is 0 Å². The van der Waals surface area contributed by atoms with Crippen LogP contribution >= 0.6 is 11.6 Å². The van der Waals surface area contributed by atoms with Crippen molar-refractivity contribution in [1.82, 2.24) is 9.78 Å². The number of carbonyl (C=O) groups excluding carboxylic acids is 1. The molecule has 24 heavy (non-hydrogen) atoms. The zero-order chi connectivity index (χ0) is 17.3. The highest BCUT2D eigenvalue weighted by atomic mass is 35.5. The maximum Gasteiger partial charge on any atom is 0.289 e. The first-order chi connectivity index (χ1) is 11.4. The largest absolute Gasteiger partial charge is 0.324 e. The third-order valence-corrected chi connectivity index (χ3v) is 3.92. The molecular weight excluding hydrogens is 336 g/mol. The van der Waals surface area contributed by atoms with Crippen molar-refractivity contribution in [2.24, 2.45) is 0 Å². The fourth-order valence-electron chi connectivity index (χ4n) is 2.24. The van der Waals surface area contributed by atoms with Crippen molar-refractivity contribution in [2.75, 3.05) is 5.32 Å². The number of carbonyl (C=O) groups is 1. The minimum atomic E-state index is -0.636. The van der Waals surface area contributed by atoms with Gasteiger partial charge in [-0.1, -0.05) is 11.6 Å². The number of nitrogens with one attached hydrogen (secondary N) is 1. The molecule has 0 bridgehead atoms. The first-order valence-corrected chi connectivity index (χ1v) is 7.63.